The third-order valence-electron chi connectivity index (χ3n) is 3.01. The Morgan fingerprint density at radius 3 is 3.00 bits per heavy atom. The van der Waals surface area contributed by atoms with E-state index in [-0.39, 0.29) is 6.03 Å². The number of carboxylic acids is 1. The normalized spacial score (nSPS) is 18.6. The molecule has 0 bridgehead atoms. The van der Waals surface area contributed by atoms with E-state index in [0.29, 0.717) is 23.9 Å². The van der Waals surface area contributed by atoms with Gasteiger partial charge in [0, 0.05) is 29.6 Å². The van der Waals surface area contributed by atoms with Gasteiger partial charge in [0.25, 0.3) is 0 Å². The Balaban J connectivity index is 1.95. The highest BCUT2D eigenvalue weighted by atomic mass is 35.5. The van der Waals surface area contributed by atoms with Crippen LogP contribution >= 0.6 is 23.4 Å². The number of nitrogens with one attached hydrogen (secondary N) is 1. The summed E-state index contributed by atoms with van der Waals surface area (Å²) in [7, 11) is 0. The zero-order valence-corrected chi connectivity index (χ0v) is 12.3. The molecule has 108 valence electrons. The molecular weight excluding hydrogens is 300 g/mol. The zero-order valence-electron chi connectivity index (χ0n) is 10.7. The van der Waals surface area contributed by atoms with Gasteiger partial charge in [-0.05, 0) is 17.7 Å². The highest BCUT2D eigenvalue weighted by molar-refractivity contribution is 7.99. The van der Waals surface area contributed by atoms with Crippen LogP contribution in [0.3, 0.4) is 0 Å². The van der Waals surface area contributed by atoms with Crippen LogP contribution < -0.4 is 5.32 Å². The van der Waals surface area contributed by atoms with Crippen molar-refractivity contribution in [2.75, 3.05) is 18.1 Å². The number of hydrogen-bond donors (Lipinski definition) is 2. The second-order valence-corrected chi connectivity index (χ2v) is 6.00. The molecule has 20 heavy (non-hydrogen) atoms. The first-order valence-corrected chi connectivity index (χ1v) is 7.70. The van der Waals surface area contributed by atoms with E-state index in [4.69, 9.17) is 16.7 Å². The van der Waals surface area contributed by atoms with E-state index in [1.165, 1.54) is 4.90 Å². The monoisotopic (exact) mass is 314 g/mol. The minimum atomic E-state index is -0.963. The van der Waals surface area contributed by atoms with Crippen molar-refractivity contribution in [2.24, 2.45) is 0 Å². The summed E-state index contributed by atoms with van der Waals surface area (Å²) in [6.45, 7) is 0.776. The van der Waals surface area contributed by atoms with Gasteiger partial charge in [-0.25, -0.2) is 9.59 Å². The molecule has 0 aliphatic carbocycles. The maximum absolute atomic E-state index is 12.1. The topological polar surface area (TPSA) is 69.6 Å². The van der Waals surface area contributed by atoms with Crippen LogP contribution in [0, 0.1) is 0 Å². The Labute approximate surface area is 126 Å². The second kappa shape index (κ2) is 6.85. The number of carboxylic acid groups (broad SMARTS) is 1. The summed E-state index contributed by atoms with van der Waals surface area (Å²) < 4.78 is 0. The molecule has 7 heteroatoms. The predicted molar refractivity (Wildman–Crippen MR) is 79.1 cm³/mol. The van der Waals surface area contributed by atoms with Gasteiger partial charge < -0.3 is 15.3 Å². The molecule has 1 heterocycles. The van der Waals surface area contributed by atoms with Gasteiger partial charge >= 0.3 is 12.0 Å². The van der Waals surface area contributed by atoms with Gasteiger partial charge in [0.1, 0.15) is 6.04 Å². The smallest absolute Gasteiger partial charge is 0.327 e. The molecule has 5 nitrogen and oxygen atoms in total. The summed E-state index contributed by atoms with van der Waals surface area (Å²) in [6.07, 6.45) is 0. The van der Waals surface area contributed by atoms with Gasteiger partial charge in [0.2, 0.25) is 0 Å². The highest BCUT2D eigenvalue weighted by Gasteiger charge is 2.32. The first-order valence-electron chi connectivity index (χ1n) is 6.17. The first-order chi connectivity index (χ1) is 9.58. The van der Waals surface area contributed by atoms with Crippen LogP contribution in [0.2, 0.25) is 5.02 Å². The Morgan fingerprint density at radius 2 is 2.30 bits per heavy atom. The van der Waals surface area contributed by atoms with Crippen LogP contribution in [-0.4, -0.2) is 46.1 Å². The minimum absolute atomic E-state index is 0.329. The number of rotatable bonds is 3. The maximum Gasteiger partial charge on any atom is 0.327 e. The number of hydrogen-bond acceptors (Lipinski definition) is 3. The molecule has 1 atom stereocenters. The highest BCUT2D eigenvalue weighted by Crippen LogP contribution is 2.17. The standard InChI is InChI=1S/C13H15ClN2O3S/c14-10-3-1-2-9(6-10)7-15-13(19)16-4-5-20-8-11(16)12(17)18/h1-3,6,11H,4-5,7-8H2,(H,15,19)(H,17,18). The van der Waals surface area contributed by atoms with E-state index in [9.17, 15) is 9.59 Å². The molecule has 1 aromatic rings. The van der Waals surface area contributed by atoms with Crippen molar-refractivity contribution in [1.29, 1.82) is 0 Å². The Kier molecular flexibility index (Phi) is 5.14. The largest absolute Gasteiger partial charge is 0.480 e. The molecule has 1 unspecified atom stereocenters. The van der Waals surface area contributed by atoms with Crippen molar-refractivity contribution in [3.8, 4) is 0 Å². The number of aliphatic carboxylic acids is 1. The van der Waals surface area contributed by atoms with Crippen molar-refractivity contribution in [3.05, 3.63) is 34.9 Å². The molecule has 0 radical (unpaired) electrons. The summed E-state index contributed by atoms with van der Waals surface area (Å²) in [5.41, 5.74) is 0.879. The summed E-state index contributed by atoms with van der Waals surface area (Å²) in [4.78, 5) is 24.6. The number of nitrogens with zero attached hydrogens (tertiary/aromatic N) is 1. The molecule has 1 aliphatic heterocycles. The fourth-order valence-electron chi connectivity index (χ4n) is 1.98. The molecule has 2 N–H and O–H groups in total. The summed E-state index contributed by atoms with van der Waals surface area (Å²) in [5.74, 6) is 0.226. The molecule has 1 fully saturated rings. The van der Waals surface area contributed by atoms with Gasteiger partial charge in [-0.3, -0.25) is 0 Å². The van der Waals surface area contributed by atoms with Gasteiger partial charge in [-0.2, -0.15) is 11.8 Å². The molecule has 0 saturated carbocycles. The van der Waals surface area contributed by atoms with Crippen LogP contribution in [0.15, 0.2) is 24.3 Å². The summed E-state index contributed by atoms with van der Waals surface area (Å²) >= 11 is 7.42. The van der Waals surface area contributed by atoms with Gasteiger partial charge in [-0.15, -0.1) is 0 Å². The fraction of sp³-hybridized carbons (Fsp3) is 0.385. The molecule has 2 amide bonds. The van der Waals surface area contributed by atoms with Crippen LogP contribution in [-0.2, 0) is 11.3 Å². The van der Waals surface area contributed by atoms with Crippen LogP contribution in [0.25, 0.3) is 0 Å². The second-order valence-electron chi connectivity index (χ2n) is 4.41. The van der Waals surface area contributed by atoms with Crippen LogP contribution in [0.4, 0.5) is 4.79 Å². The van der Waals surface area contributed by atoms with E-state index >= 15 is 0 Å². The first kappa shape index (κ1) is 15.0. The lowest BCUT2D eigenvalue weighted by Gasteiger charge is -2.32. The van der Waals surface area contributed by atoms with E-state index < -0.39 is 12.0 Å². The van der Waals surface area contributed by atoms with E-state index in [0.717, 1.165) is 11.3 Å². The number of benzene rings is 1. The van der Waals surface area contributed by atoms with Gasteiger partial charge in [-0.1, -0.05) is 23.7 Å². The van der Waals surface area contributed by atoms with E-state index in [1.54, 1.807) is 30.0 Å². The lowest BCUT2D eigenvalue weighted by Crippen LogP contribution is -2.53. The Bertz CT molecular complexity index is 512. The number of carbonyl (C=O) groups excluding carboxylic acids is 1. The number of carbonyl (C=O) groups is 2. The lowest BCUT2D eigenvalue weighted by atomic mass is 10.2. The predicted octanol–water partition coefficient (Wildman–Crippen LogP) is 2.05. The zero-order chi connectivity index (χ0) is 14.5. The molecule has 0 aromatic heterocycles. The van der Waals surface area contributed by atoms with E-state index in [1.807, 2.05) is 6.07 Å². The molecule has 1 aromatic carbocycles. The SMILES string of the molecule is O=C(O)C1CSCCN1C(=O)NCc1cccc(Cl)c1. The molecule has 2 rings (SSSR count). The average Bonchev–Trinajstić information content (AvgIpc) is 2.45. The number of thioether (sulfide) groups is 1. The van der Waals surface area contributed by atoms with Crippen LogP contribution in [0.5, 0.6) is 0 Å². The molecule has 1 aliphatic rings. The average molecular weight is 315 g/mol. The number of halogens is 1. The fourth-order valence-corrected chi connectivity index (χ4v) is 3.23. The minimum Gasteiger partial charge on any atom is -0.480 e. The number of urea groups is 1. The Morgan fingerprint density at radius 1 is 1.50 bits per heavy atom. The van der Waals surface area contributed by atoms with Crippen molar-refractivity contribution >= 4 is 35.4 Å². The Hall–Kier alpha value is -1.40. The molecule has 0 spiro atoms. The summed E-state index contributed by atoms with van der Waals surface area (Å²) in [5, 5.41) is 12.5. The third kappa shape index (κ3) is 3.80. The number of amides is 2. The van der Waals surface area contributed by atoms with Crippen molar-refractivity contribution in [1.82, 2.24) is 10.2 Å². The third-order valence-corrected chi connectivity index (χ3v) is 4.26. The molecule has 1 saturated heterocycles. The van der Waals surface area contributed by atoms with Crippen LogP contribution in [0.1, 0.15) is 5.56 Å². The lowest BCUT2D eigenvalue weighted by molar-refractivity contribution is -0.141. The van der Waals surface area contributed by atoms with Gasteiger partial charge in [0.05, 0.1) is 0 Å². The van der Waals surface area contributed by atoms with Crippen molar-refractivity contribution in [2.45, 2.75) is 12.6 Å². The maximum atomic E-state index is 12.1. The van der Waals surface area contributed by atoms with Gasteiger partial charge in [0.15, 0.2) is 0 Å². The quantitative estimate of drug-likeness (QED) is 0.896. The summed E-state index contributed by atoms with van der Waals surface area (Å²) in [6, 6.07) is 6.08. The molecular formula is C13H15ClN2O3S. The van der Waals surface area contributed by atoms with E-state index in [2.05, 4.69) is 5.32 Å². The van der Waals surface area contributed by atoms with Crippen molar-refractivity contribution < 1.29 is 14.7 Å². The van der Waals surface area contributed by atoms with Crippen molar-refractivity contribution in [3.63, 3.8) is 0 Å².